The third kappa shape index (κ3) is 6.17. The number of allylic oxidation sites excluding steroid dienone is 1. The molecule has 4 aromatic rings. The van der Waals surface area contributed by atoms with Gasteiger partial charge in [-0.1, -0.05) is 30.1 Å². The lowest BCUT2D eigenvalue weighted by Crippen LogP contribution is -2.39. The smallest absolute Gasteiger partial charge is 0.338 e. The molecular weight excluding hydrogens is 812 g/mol. The number of hydrogen-bond acceptors (Lipinski definition) is 9. The zero-order valence-electron chi connectivity index (χ0n) is 23.8. The highest BCUT2D eigenvalue weighted by molar-refractivity contribution is 14.1. The van der Waals surface area contributed by atoms with Gasteiger partial charge in [0.1, 0.15) is 29.9 Å². The van der Waals surface area contributed by atoms with Crippen molar-refractivity contribution in [1.29, 1.82) is 0 Å². The van der Waals surface area contributed by atoms with Crippen LogP contribution in [-0.2, 0) is 9.53 Å². The van der Waals surface area contributed by atoms with E-state index in [0.717, 1.165) is 24.0 Å². The van der Waals surface area contributed by atoms with Gasteiger partial charge < -0.3 is 13.9 Å². The number of benzene rings is 2. The Morgan fingerprint density at radius 1 is 1.20 bits per heavy atom. The summed E-state index contributed by atoms with van der Waals surface area (Å²) in [6, 6.07) is 10.7. The number of aryl methyl sites for hydroxylation is 1. The van der Waals surface area contributed by atoms with Crippen LogP contribution in [0.4, 0.5) is 5.69 Å². The van der Waals surface area contributed by atoms with Gasteiger partial charge in [-0.05, 0) is 107 Å². The van der Waals surface area contributed by atoms with Gasteiger partial charge in [0.25, 0.3) is 11.2 Å². The Balaban J connectivity index is 1.66. The lowest BCUT2D eigenvalue weighted by Gasteiger charge is -2.22. The topological polar surface area (TPSA) is 126 Å². The number of hydrogen-bond donors (Lipinski definition) is 0. The third-order valence-electron chi connectivity index (χ3n) is 6.77. The minimum atomic E-state index is -0.963. The van der Waals surface area contributed by atoms with Gasteiger partial charge in [0.2, 0.25) is 0 Å². The number of furan rings is 1. The first-order chi connectivity index (χ1) is 21.0. The molecule has 0 radical (unpaired) electrons. The molecule has 3 heterocycles. The fourth-order valence-electron chi connectivity index (χ4n) is 4.79. The minimum Gasteiger partial charge on any atom is -0.487 e. The van der Waals surface area contributed by atoms with Crippen LogP contribution in [0.15, 0.2) is 80.6 Å². The number of fused-ring (bicyclic) bond motifs is 1. The summed E-state index contributed by atoms with van der Waals surface area (Å²) < 4.78 is 21.0. The van der Waals surface area contributed by atoms with Gasteiger partial charge in [0, 0.05) is 17.7 Å². The molecule has 0 fully saturated rings. The van der Waals surface area contributed by atoms with Gasteiger partial charge in [-0.25, -0.2) is 9.79 Å². The molecule has 0 aliphatic carbocycles. The number of non-ortho nitro benzene ring substituents is 1. The van der Waals surface area contributed by atoms with Crippen molar-refractivity contribution in [3.8, 4) is 17.1 Å². The van der Waals surface area contributed by atoms with Crippen molar-refractivity contribution in [3.05, 3.63) is 120 Å². The number of halogens is 2. The summed E-state index contributed by atoms with van der Waals surface area (Å²) in [5.74, 6) is 0.788. The Labute approximate surface area is 282 Å². The summed E-state index contributed by atoms with van der Waals surface area (Å²) in [6.45, 7) is 9.41. The first kappa shape index (κ1) is 31.8. The maximum atomic E-state index is 14.0. The van der Waals surface area contributed by atoms with Crippen molar-refractivity contribution in [1.82, 2.24) is 4.57 Å². The molecule has 0 bridgehead atoms. The van der Waals surface area contributed by atoms with Crippen molar-refractivity contribution in [2.24, 2.45) is 4.99 Å². The second kappa shape index (κ2) is 13.2. The average molecular weight is 837 g/mol. The fourth-order valence-corrected chi connectivity index (χ4v) is 7.96. The molecule has 2 aromatic carbocycles. The van der Waals surface area contributed by atoms with E-state index < -0.39 is 16.9 Å². The molecule has 226 valence electrons. The molecule has 0 unspecified atom stereocenters. The molecular formula is C31H25I2N3O7S. The highest BCUT2D eigenvalue weighted by Gasteiger charge is 2.35. The quantitative estimate of drug-likeness (QED) is 0.0661. The molecule has 0 amide bonds. The van der Waals surface area contributed by atoms with Crippen LogP contribution < -0.4 is 19.6 Å². The summed E-state index contributed by atoms with van der Waals surface area (Å²) in [5.41, 5.74) is 2.24. The Morgan fingerprint density at radius 3 is 2.59 bits per heavy atom. The van der Waals surface area contributed by atoms with Gasteiger partial charge >= 0.3 is 5.97 Å². The van der Waals surface area contributed by atoms with E-state index in [1.165, 1.54) is 28.0 Å². The predicted octanol–water partition coefficient (Wildman–Crippen LogP) is 6.05. The van der Waals surface area contributed by atoms with E-state index in [9.17, 15) is 19.7 Å². The van der Waals surface area contributed by atoms with Crippen LogP contribution >= 0.6 is 56.5 Å². The highest BCUT2D eigenvalue weighted by atomic mass is 127. The van der Waals surface area contributed by atoms with Crippen LogP contribution in [0.25, 0.3) is 17.4 Å². The molecule has 1 atom stereocenters. The number of aromatic nitrogens is 1. The molecule has 10 nitrogen and oxygen atoms in total. The molecule has 0 N–H and O–H groups in total. The molecule has 0 saturated heterocycles. The summed E-state index contributed by atoms with van der Waals surface area (Å²) >= 11 is 5.59. The highest BCUT2D eigenvalue weighted by Crippen LogP contribution is 2.36. The summed E-state index contributed by atoms with van der Waals surface area (Å²) in [6.07, 6.45) is 3.46. The molecule has 5 rings (SSSR count). The van der Waals surface area contributed by atoms with E-state index in [4.69, 9.17) is 13.9 Å². The van der Waals surface area contributed by atoms with Gasteiger partial charge in [0.15, 0.2) is 4.80 Å². The first-order valence-electron chi connectivity index (χ1n) is 13.3. The second-order valence-electron chi connectivity index (χ2n) is 9.67. The number of esters is 1. The number of rotatable bonds is 9. The van der Waals surface area contributed by atoms with Crippen molar-refractivity contribution < 1.29 is 23.6 Å². The normalized spacial score (nSPS) is 14.7. The van der Waals surface area contributed by atoms with Crippen LogP contribution in [0.1, 0.15) is 36.8 Å². The third-order valence-corrected chi connectivity index (χ3v) is 9.36. The lowest BCUT2D eigenvalue weighted by molar-refractivity contribution is -0.384. The Hall–Kier alpha value is -3.57. The van der Waals surface area contributed by atoms with E-state index in [2.05, 4.69) is 56.8 Å². The molecule has 13 heteroatoms. The van der Waals surface area contributed by atoms with Crippen molar-refractivity contribution in [2.75, 3.05) is 13.2 Å². The fraction of sp³-hybridized carbons (Fsp3) is 0.194. The number of nitro benzene ring substituents is 1. The maximum Gasteiger partial charge on any atom is 0.338 e. The average Bonchev–Trinajstić information content (AvgIpc) is 3.57. The van der Waals surface area contributed by atoms with E-state index in [-0.39, 0.29) is 23.4 Å². The van der Waals surface area contributed by atoms with Crippen molar-refractivity contribution in [2.45, 2.75) is 26.8 Å². The number of nitrogens with zero attached hydrogens (tertiary/aromatic N) is 3. The van der Waals surface area contributed by atoms with Crippen molar-refractivity contribution >= 4 is 74.3 Å². The molecule has 44 heavy (non-hydrogen) atoms. The second-order valence-corrected chi connectivity index (χ2v) is 13.0. The molecule has 0 saturated carbocycles. The lowest BCUT2D eigenvalue weighted by atomic mass is 10.0. The number of ether oxygens (including phenoxy) is 2. The largest absolute Gasteiger partial charge is 0.487 e. The van der Waals surface area contributed by atoms with Crippen LogP contribution in [0.3, 0.4) is 0 Å². The van der Waals surface area contributed by atoms with Crippen LogP contribution in [0.2, 0.25) is 0 Å². The summed E-state index contributed by atoms with van der Waals surface area (Å²) in [4.78, 5) is 43.2. The van der Waals surface area contributed by atoms with Gasteiger partial charge in [-0.2, -0.15) is 0 Å². The monoisotopic (exact) mass is 837 g/mol. The minimum absolute atomic E-state index is 0.0795. The van der Waals surface area contributed by atoms with Gasteiger partial charge in [-0.3, -0.25) is 19.5 Å². The molecule has 2 aromatic heterocycles. The van der Waals surface area contributed by atoms with E-state index in [0.29, 0.717) is 38.7 Å². The summed E-state index contributed by atoms with van der Waals surface area (Å²) in [5, 5.41) is 11.4. The predicted molar refractivity (Wildman–Crippen MR) is 184 cm³/mol. The first-order valence-corrected chi connectivity index (χ1v) is 16.3. The number of carbonyl (C=O) groups is 1. The number of nitro groups is 1. The van der Waals surface area contributed by atoms with Gasteiger partial charge in [-0.15, -0.1) is 0 Å². The van der Waals surface area contributed by atoms with E-state index >= 15 is 0 Å². The Bertz CT molecular complexity index is 2020. The number of carbonyl (C=O) groups excluding carboxylic acids is 1. The van der Waals surface area contributed by atoms with Crippen molar-refractivity contribution in [3.63, 3.8) is 0 Å². The van der Waals surface area contributed by atoms with Gasteiger partial charge in [0.05, 0.1) is 34.5 Å². The maximum absolute atomic E-state index is 14.0. The molecule has 1 aliphatic rings. The zero-order valence-corrected chi connectivity index (χ0v) is 28.9. The standard InChI is InChI=1S/C31H25I2N3O7S/c1-5-11-42-28-21(32)12-18(13-22(28)33)14-25-29(37)35-27(26(30(38)41-6-2)17(4)34-31(35)44-25)24-10-9-23(43-24)20-15-19(36(39)40)8-7-16(20)3/h5,7-10,12-15,27H,1,6,11H2,2-4H3/b25-14-/t27-/m1/s1. The Kier molecular flexibility index (Phi) is 9.55. The van der Waals surface area contributed by atoms with Crippen LogP contribution in [0, 0.1) is 24.2 Å². The van der Waals surface area contributed by atoms with E-state index in [1.54, 1.807) is 44.2 Å². The van der Waals surface area contributed by atoms with Crippen LogP contribution in [0.5, 0.6) is 5.75 Å². The van der Waals surface area contributed by atoms with E-state index in [1.807, 2.05) is 19.1 Å². The molecule has 1 aliphatic heterocycles. The molecule has 0 spiro atoms. The number of thiazole rings is 1. The summed E-state index contributed by atoms with van der Waals surface area (Å²) in [7, 11) is 0. The zero-order chi connectivity index (χ0) is 31.7. The van der Waals surface area contributed by atoms with Crippen LogP contribution in [-0.4, -0.2) is 28.7 Å². The SMILES string of the molecule is C=CCOc1c(I)cc(/C=c2\sc3n(c2=O)[C@H](c2ccc(-c4cc([N+](=O)[O-])ccc4C)o2)C(C(=O)OCC)=C(C)N=3)cc1I. The Morgan fingerprint density at radius 2 is 1.93 bits per heavy atom.